The van der Waals surface area contributed by atoms with Crippen LogP contribution in [-0.2, 0) is 0 Å². The molecule has 2 aromatic carbocycles. The van der Waals surface area contributed by atoms with Crippen molar-refractivity contribution in [3.63, 3.8) is 0 Å². The number of nitrogens with zero attached hydrogens (tertiary/aromatic N) is 2. The molecule has 0 radical (unpaired) electrons. The first kappa shape index (κ1) is 17.5. The number of carbonyl (C=O) groups excluding carboxylic acids is 1. The van der Waals surface area contributed by atoms with Gasteiger partial charge in [0.1, 0.15) is 35.2 Å². The van der Waals surface area contributed by atoms with Gasteiger partial charge in [-0.3, -0.25) is 4.79 Å². The van der Waals surface area contributed by atoms with E-state index in [9.17, 15) is 13.6 Å². The predicted octanol–water partition coefficient (Wildman–Crippen LogP) is 4.37. The van der Waals surface area contributed by atoms with Gasteiger partial charge in [0.05, 0.1) is 0 Å². The van der Waals surface area contributed by atoms with E-state index in [1.54, 1.807) is 0 Å². The van der Waals surface area contributed by atoms with E-state index in [1.807, 2.05) is 32.0 Å². The highest BCUT2D eigenvalue weighted by molar-refractivity contribution is 6.03. The van der Waals surface area contributed by atoms with Crippen LogP contribution in [0.1, 0.15) is 21.6 Å². The molecule has 0 aliphatic rings. The fraction of sp³-hybridized carbons (Fsp3) is 0.105. The van der Waals surface area contributed by atoms with Crippen LogP contribution in [0.25, 0.3) is 0 Å². The van der Waals surface area contributed by atoms with Gasteiger partial charge in [0.15, 0.2) is 0 Å². The van der Waals surface area contributed by atoms with Crippen LogP contribution in [0.5, 0.6) is 0 Å². The molecule has 0 fully saturated rings. The highest BCUT2D eigenvalue weighted by Crippen LogP contribution is 2.22. The maximum absolute atomic E-state index is 13.7. The summed E-state index contributed by atoms with van der Waals surface area (Å²) in [7, 11) is 0. The van der Waals surface area contributed by atoms with Gasteiger partial charge < -0.3 is 10.6 Å². The van der Waals surface area contributed by atoms with Crippen LogP contribution in [0.2, 0.25) is 0 Å². The lowest BCUT2D eigenvalue weighted by Crippen LogP contribution is -2.16. The van der Waals surface area contributed by atoms with Crippen LogP contribution in [0, 0.1) is 25.5 Å². The average Bonchev–Trinajstić information content (AvgIpc) is 2.62. The molecule has 1 amide bonds. The molecule has 7 heteroatoms. The number of benzene rings is 2. The van der Waals surface area contributed by atoms with Gasteiger partial charge in [-0.2, -0.15) is 0 Å². The number of rotatable bonds is 4. The fourth-order valence-electron chi connectivity index (χ4n) is 2.37. The largest absolute Gasteiger partial charge is 0.340 e. The Kier molecular flexibility index (Phi) is 4.88. The number of hydrogen-bond donors (Lipinski definition) is 2. The number of carbonyl (C=O) groups is 1. The quantitative estimate of drug-likeness (QED) is 0.730. The zero-order valence-corrected chi connectivity index (χ0v) is 14.2. The van der Waals surface area contributed by atoms with Crippen LogP contribution in [0.4, 0.5) is 26.0 Å². The Bertz CT molecular complexity index is 955. The molecule has 1 heterocycles. The second-order valence-electron chi connectivity index (χ2n) is 5.71. The van der Waals surface area contributed by atoms with Crippen LogP contribution >= 0.6 is 0 Å². The molecule has 0 saturated heterocycles. The molecule has 2 N–H and O–H groups in total. The first-order chi connectivity index (χ1) is 12.5. The summed E-state index contributed by atoms with van der Waals surface area (Å²) < 4.78 is 27.4. The monoisotopic (exact) mass is 354 g/mol. The summed E-state index contributed by atoms with van der Waals surface area (Å²) in [5, 5.41) is 5.32. The minimum Gasteiger partial charge on any atom is -0.340 e. The van der Waals surface area contributed by atoms with Gasteiger partial charge in [0.25, 0.3) is 5.91 Å². The summed E-state index contributed by atoms with van der Waals surface area (Å²) in [4.78, 5) is 20.2. The van der Waals surface area contributed by atoms with Gasteiger partial charge in [0.2, 0.25) is 0 Å². The van der Waals surface area contributed by atoms with Crippen LogP contribution in [0.15, 0.2) is 48.8 Å². The summed E-state index contributed by atoms with van der Waals surface area (Å²) in [5.74, 6) is -2.06. The number of aryl methyl sites for hydroxylation is 1. The molecule has 26 heavy (non-hydrogen) atoms. The highest BCUT2D eigenvalue weighted by atomic mass is 19.1. The maximum Gasteiger partial charge on any atom is 0.274 e. The van der Waals surface area contributed by atoms with Crippen molar-refractivity contribution in [1.29, 1.82) is 0 Å². The van der Waals surface area contributed by atoms with Crippen LogP contribution < -0.4 is 10.6 Å². The SMILES string of the molecule is Cc1cccc(Nc2cc(C(=O)Nc3c(F)cccc3F)ncn2)c1C. The van der Waals surface area contributed by atoms with Crippen molar-refractivity contribution in [3.05, 3.63) is 77.2 Å². The number of halogens is 2. The fourth-order valence-corrected chi connectivity index (χ4v) is 2.37. The molecule has 3 aromatic rings. The molecule has 0 saturated carbocycles. The molecular weight excluding hydrogens is 338 g/mol. The van der Waals surface area contributed by atoms with Gasteiger partial charge in [-0.25, -0.2) is 18.7 Å². The van der Waals surface area contributed by atoms with E-state index in [-0.39, 0.29) is 5.69 Å². The number of aromatic nitrogens is 2. The van der Waals surface area contributed by atoms with E-state index in [0.717, 1.165) is 28.9 Å². The third kappa shape index (κ3) is 3.66. The van der Waals surface area contributed by atoms with E-state index in [1.165, 1.54) is 18.5 Å². The summed E-state index contributed by atoms with van der Waals surface area (Å²) in [5.41, 5.74) is 2.47. The zero-order valence-electron chi connectivity index (χ0n) is 14.2. The van der Waals surface area contributed by atoms with Gasteiger partial charge in [-0.1, -0.05) is 18.2 Å². The van der Waals surface area contributed by atoms with Crippen molar-refractivity contribution in [3.8, 4) is 0 Å². The zero-order chi connectivity index (χ0) is 18.7. The molecule has 0 spiro atoms. The van der Waals surface area contributed by atoms with Gasteiger partial charge in [0, 0.05) is 11.8 Å². The van der Waals surface area contributed by atoms with E-state index < -0.39 is 23.2 Å². The minimum absolute atomic E-state index is 0.0181. The Labute approximate surface area is 149 Å². The molecule has 0 unspecified atom stereocenters. The molecule has 0 aliphatic carbocycles. The lowest BCUT2D eigenvalue weighted by atomic mass is 10.1. The number of para-hydroxylation sites is 1. The first-order valence-electron chi connectivity index (χ1n) is 7.86. The Morgan fingerprint density at radius 2 is 1.69 bits per heavy atom. The molecule has 3 rings (SSSR count). The molecule has 1 aromatic heterocycles. The summed E-state index contributed by atoms with van der Waals surface area (Å²) in [6, 6.07) is 10.5. The third-order valence-corrected chi connectivity index (χ3v) is 3.97. The van der Waals surface area contributed by atoms with Crippen LogP contribution in [0.3, 0.4) is 0 Å². The Hall–Kier alpha value is -3.35. The van der Waals surface area contributed by atoms with E-state index in [4.69, 9.17) is 0 Å². The maximum atomic E-state index is 13.7. The Morgan fingerprint density at radius 1 is 1.00 bits per heavy atom. The lowest BCUT2D eigenvalue weighted by Gasteiger charge is -2.11. The van der Waals surface area contributed by atoms with Crippen molar-refractivity contribution in [2.24, 2.45) is 0 Å². The topological polar surface area (TPSA) is 66.9 Å². The molecule has 132 valence electrons. The summed E-state index contributed by atoms with van der Waals surface area (Å²) in [6.07, 6.45) is 1.21. The third-order valence-electron chi connectivity index (χ3n) is 3.97. The van der Waals surface area contributed by atoms with Gasteiger partial charge in [-0.15, -0.1) is 0 Å². The van der Waals surface area contributed by atoms with Gasteiger partial charge in [-0.05, 0) is 43.2 Å². The minimum atomic E-state index is -0.860. The van der Waals surface area contributed by atoms with Crippen molar-refractivity contribution < 1.29 is 13.6 Å². The predicted molar refractivity (Wildman–Crippen MR) is 95.5 cm³/mol. The second kappa shape index (κ2) is 7.26. The highest BCUT2D eigenvalue weighted by Gasteiger charge is 2.15. The number of anilines is 3. The standard InChI is InChI=1S/C19H16F2N4O/c1-11-5-3-8-15(12(11)2)24-17-9-16(22-10-23-17)19(26)25-18-13(20)6-4-7-14(18)21/h3-10H,1-2H3,(H,25,26)(H,22,23,24). The normalized spacial score (nSPS) is 10.5. The number of amides is 1. The van der Waals surface area contributed by atoms with E-state index in [2.05, 4.69) is 20.6 Å². The van der Waals surface area contributed by atoms with Crippen molar-refractivity contribution in [1.82, 2.24) is 9.97 Å². The number of hydrogen-bond acceptors (Lipinski definition) is 4. The van der Waals surface area contributed by atoms with E-state index >= 15 is 0 Å². The first-order valence-corrected chi connectivity index (χ1v) is 7.86. The molecular formula is C19H16F2N4O. The average molecular weight is 354 g/mol. The van der Waals surface area contributed by atoms with Crippen molar-refractivity contribution in [2.75, 3.05) is 10.6 Å². The smallest absolute Gasteiger partial charge is 0.274 e. The second-order valence-corrected chi connectivity index (χ2v) is 5.71. The Morgan fingerprint density at radius 3 is 2.42 bits per heavy atom. The summed E-state index contributed by atoms with van der Waals surface area (Å²) >= 11 is 0. The van der Waals surface area contributed by atoms with Crippen molar-refractivity contribution in [2.45, 2.75) is 13.8 Å². The van der Waals surface area contributed by atoms with Gasteiger partial charge >= 0.3 is 0 Å². The van der Waals surface area contributed by atoms with Crippen molar-refractivity contribution >= 4 is 23.1 Å². The molecule has 0 atom stereocenters. The van der Waals surface area contributed by atoms with Crippen LogP contribution in [-0.4, -0.2) is 15.9 Å². The molecule has 0 aliphatic heterocycles. The molecule has 0 bridgehead atoms. The summed E-state index contributed by atoms with van der Waals surface area (Å²) in [6.45, 7) is 3.95. The lowest BCUT2D eigenvalue weighted by molar-refractivity contribution is 0.102. The molecule has 5 nitrogen and oxygen atoms in total. The Balaban J connectivity index is 1.83. The van der Waals surface area contributed by atoms with E-state index in [0.29, 0.717) is 5.82 Å². The number of nitrogens with one attached hydrogen (secondary N) is 2.